The fourth-order valence-corrected chi connectivity index (χ4v) is 1.65. The molecule has 0 atom stereocenters. The molecule has 0 aliphatic heterocycles. The standard InChI is InChI=1S/C14H17FN4O/c1-2-5-20-14-7-13(12(16)6-11(14)15)18-8-10-3-4-17-9-19-10/h3-4,6-7,9,18H,2,5,8,16H2,1H3. The molecule has 0 amide bonds. The molecule has 0 unspecified atom stereocenters. The molecule has 106 valence electrons. The van der Waals surface area contributed by atoms with Gasteiger partial charge in [-0.1, -0.05) is 6.92 Å². The summed E-state index contributed by atoms with van der Waals surface area (Å²) in [5.74, 6) is -0.255. The van der Waals surface area contributed by atoms with Crippen LogP contribution in [0.1, 0.15) is 19.0 Å². The van der Waals surface area contributed by atoms with E-state index in [1.165, 1.54) is 12.4 Å². The Morgan fingerprint density at radius 1 is 1.40 bits per heavy atom. The van der Waals surface area contributed by atoms with Crippen LogP contribution in [0.3, 0.4) is 0 Å². The molecule has 0 saturated carbocycles. The summed E-state index contributed by atoms with van der Waals surface area (Å²) in [6, 6.07) is 4.62. The first-order valence-corrected chi connectivity index (χ1v) is 6.41. The highest BCUT2D eigenvalue weighted by atomic mass is 19.1. The Balaban J connectivity index is 2.10. The van der Waals surface area contributed by atoms with Crippen LogP contribution in [0.25, 0.3) is 0 Å². The quantitative estimate of drug-likeness (QED) is 0.793. The molecule has 2 aromatic rings. The maximum atomic E-state index is 13.7. The van der Waals surface area contributed by atoms with Crippen molar-refractivity contribution in [1.82, 2.24) is 9.97 Å². The largest absolute Gasteiger partial charge is 0.490 e. The summed E-state index contributed by atoms with van der Waals surface area (Å²) in [6.45, 7) is 2.90. The van der Waals surface area contributed by atoms with Gasteiger partial charge in [0.15, 0.2) is 11.6 Å². The summed E-state index contributed by atoms with van der Waals surface area (Å²) in [6.07, 6.45) is 3.95. The lowest BCUT2D eigenvalue weighted by atomic mass is 10.2. The van der Waals surface area contributed by atoms with Gasteiger partial charge in [0.25, 0.3) is 0 Å². The van der Waals surface area contributed by atoms with E-state index in [-0.39, 0.29) is 5.75 Å². The van der Waals surface area contributed by atoms with Crippen molar-refractivity contribution in [3.05, 3.63) is 42.2 Å². The molecule has 2 rings (SSSR count). The third-order valence-corrected chi connectivity index (χ3v) is 2.67. The maximum absolute atomic E-state index is 13.7. The van der Waals surface area contributed by atoms with E-state index >= 15 is 0 Å². The number of hydrogen-bond acceptors (Lipinski definition) is 5. The zero-order valence-electron chi connectivity index (χ0n) is 11.3. The van der Waals surface area contributed by atoms with Crippen LogP contribution in [0.2, 0.25) is 0 Å². The molecule has 0 bridgehead atoms. The molecule has 6 heteroatoms. The third-order valence-electron chi connectivity index (χ3n) is 2.67. The minimum Gasteiger partial charge on any atom is -0.490 e. The Kier molecular flexibility index (Phi) is 4.70. The second-order valence-electron chi connectivity index (χ2n) is 4.27. The van der Waals surface area contributed by atoms with Crippen molar-refractivity contribution in [2.75, 3.05) is 17.7 Å². The monoisotopic (exact) mass is 276 g/mol. The van der Waals surface area contributed by atoms with E-state index in [9.17, 15) is 4.39 Å². The predicted octanol–water partition coefficient (Wildman–Crippen LogP) is 2.60. The predicted molar refractivity (Wildman–Crippen MR) is 76.0 cm³/mol. The molecule has 0 aliphatic carbocycles. The highest BCUT2D eigenvalue weighted by molar-refractivity contribution is 5.68. The van der Waals surface area contributed by atoms with E-state index in [4.69, 9.17) is 10.5 Å². The van der Waals surface area contributed by atoms with Gasteiger partial charge in [0.1, 0.15) is 6.33 Å². The number of benzene rings is 1. The normalized spacial score (nSPS) is 10.3. The highest BCUT2D eigenvalue weighted by Gasteiger charge is 2.09. The Hall–Kier alpha value is -2.37. The summed E-state index contributed by atoms with van der Waals surface area (Å²) in [4.78, 5) is 7.94. The molecule has 1 aromatic heterocycles. The van der Waals surface area contributed by atoms with Crippen molar-refractivity contribution in [2.45, 2.75) is 19.9 Å². The minimum absolute atomic E-state index is 0.200. The molecule has 5 nitrogen and oxygen atoms in total. The second kappa shape index (κ2) is 6.70. The van der Waals surface area contributed by atoms with Gasteiger partial charge in [-0.2, -0.15) is 0 Å². The highest BCUT2D eigenvalue weighted by Crippen LogP contribution is 2.28. The number of nitrogen functional groups attached to an aromatic ring is 1. The van der Waals surface area contributed by atoms with Crippen molar-refractivity contribution >= 4 is 11.4 Å². The lowest BCUT2D eigenvalue weighted by molar-refractivity contribution is 0.301. The van der Waals surface area contributed by atoms with Crippen molar-refractivity contribution in [1.29, 1.82) is 0 Å². The average Bonchev–Trinajstić information content (AvgIpc) is 2.46. The van der Waals surface area contributed by atoms with Gasteiger partial charge < -0.3 is 15.8 Å². The molecule has 0 saturated heterocycles. The SMILES string of the molecule is CCCOc1cc(NCc2ccncn2)c(N)cc1F. The lowest BCUT2D eigenvalue weighted by Crippen LogP contribution is -2.06. The first kappa shape index (κ1) is 14.0. The fraction of sp³-hybridized carbons (Fsp3) is 0.286. The number of hydrogen-bond donors (Lipinski definition) is 2. The van der Waals surface area contributed by atoms with Crippen molar-refractivity contribution in [2.24, 2.45) is 0 Å². The second-order valence-corrected chi connectivity index (χ2v) is 4.27. The Morgan fingerprint density at radius 3 is 2.95 bits per heavy atom. The summed E-state index contributed by atoms with van der Waals surface area (Å²) in [5.41, 5.74) is 7.57. The minimum atomic E-state index is -0.455. The fourth-order valence-electron chi connectivity index (χ4n) is 1.65. The maximum Gasteiger partial charge on any atom is 0.167 e. The Labute approximate surface area is 117 Å². The van der Waals surface area contributed by atoms with Crippen LogP contribution < -0.4 is 15.8 Å². The number of nitrogens with zero attached hydrogens (tertiary/aromatic N) is 2. The topological polar surface area (TPSA) is 73.1 Å². The summed E-state index contributed by atoms with van der Waals surface area (Å²) in [7, 11) is 0. The van der Waals surface area contributed by atoms with Crippen molar-refractivity contribution < 1.29 is 9.13 Å². The lowest BCUT2D eigenvalue weighted by Gasteiger charge is -2.12. The molecular formula is C14H17FN4O. The van der Waals surface area contributed by atoms with E-state index in [0.717, 1.165) is 12.1 Å². The molecule has 1 aromatic carbocycles. The summed E-state index contributed by atoms with van der Waals surface area (Å²) in [5, 5.41) is 3.11. The molecule has 20 heavy (non-hydrogen) atoms. The Bertz CT molecular complexity index is 563. The first-order valence-electron chi connectivity index (χ1n) is 6.41. The van der Waals surface area contributed by atoms with Crippen LogP contribution in [-0.4, -0.2) is 16.6 Å². The van der Waals surface area contributed by atoms with E-state index in [0.29, 0.717) is 24.5 Å². The van der Waals surface area contributed by atoms with Crippen LogP contribution in [-0.2, 0) is 6.54 Å². The Morgan fingerprint density at radius 2 is 2.25 bits per heavy atom. The van der Waals surface area contributed by atoms with Gasteiger partial charge in [0.2, 0.25) is 0 Å². The first-order chi connectivity index (χ1) is 9.70. The number of ether oxygens (including phenoxy) is 1. The van der Waals surface area contributed by atoms with Gasteiger partial charge in [0, 0.05) is 18.3 Å². The molecule has 0 spiro atoms. The van der Waals surface area contributed by atoms with Gasteiger partial charge in [-0.05, 0) is 12.5 Å². The molecule has 3 N–H and O–H groups in total. The van der Waals surface area contributed by atoms with Crippen LogP contribution in [0.15, 0.2) is 30.7 Å². The van der Waals surface area contributed by atoms with E-state index < -0.39 is 5.82 Å². The van der Waals surface area contributed by atoms with Crippen molar-refractivity contribution in [3.8, 4) is 5.75 Å². The van der Waals surface area contributed by atoms with E-state index in [1.807, 2.05) is 6.92 Å². The number of halogens is 1. The van der Waals surface area contributed by atoms with Gasteiger partial charge in [-0.25, -0.2) is 14.4 Å². The molecule has 1 heterocycles. The van der Waals surface area contributed by atoms with Gasteiger partial charge in [0.05, 0.1) is 30.2 Å². The van der Waals surface area contributed by atoms with Gasteiger partial charge in [-0.3, -0.25) is 0 Å². The number of nitrogens with one attached hydrogen (secondary N) is 1. The van der Waals surface area contributed by atoms with Crippen LogP contribution >= 0.6 is 0 Å². The number of anilines is 2. The van der Waals surface area contributed by atoms with Crippen LogP contribution in [0, 0.1) is 5.82 Å². The molecule has 0 radical (unpaired) electrons. The zero-order chi connectivity index (χ0) is 14.4. The molecular weight excluding hydrogens is 259 g/mol. The average molecular weight is 276 g/mol. The number of aromatic nitrogens is 2. The number of rotatable bonds is 6. The van der Waals surface area contributed by atoms with E-state index in [2.05, 4.69) is 15.3 Å². The smallest absolute Gasteiger partial charge is 0.167 e. The van der Waals surface area contributed by atoms with Crippen LogP contribution in [0.4, 0.5) is 15.8 Å². The van der Waals surface area contributed by atoms with E-state index in [1.54, 1.807) is 18.3 Å². The third kappa shape index (κ3) is 3.57. The molecule has 0 aliphatic rings. The number of nitrogens with two attached hydrogens (primary N) is 1. The molecule has 0 fully saturated rings. The van der Waals surface area contributed by atoms with Crippen LogP contribution in [0.5, 0.6) is 5.75 Å². The van der Waals surface area contributed by atoms with Gasteiger partial charge >= 0.3 is 0 Å². The summed E-state index contributed by atoms with van der Waals surface area (Å²) >= 11 is 0. The zero-order valence-corrected chi connectivity index (χ0v) is 11.3. The van der Waals surface area contributed by atoms with Crippen molar-refractivity contribution in [3.63, 3.8) is 0 Å². The summed E-state index contributed by atoms with van der Waals surface area (Å²) < 4.78 is 19.0. The van der Waals surface area contributed by atoms with Gasteiger partial charge in [-0.15, -0.1) is 0 Å².